The smallest absolute Gasteiger partial charge is 0.401 e. The van der Waals surface area contributed by atoms with Crippen molar-refractivity contribution in [3.63, 3.8) is 0 Å². The number of hydrogen-bond acceptors (Lipinski definition) is 7. The number of halogens is 4. The second-order valence-electron chi connectivity index (χ2n) is 7.76. The fourth-order valence-electron chi connectivity index (χ4n) is 3.89. The minimum Gasteiger partial charge on any atom is -0.463 e. The molecule has 0 spiro atoms. The molecule has 0 amide bonds. The average molecular weight is 449 g/mol. The van der Waals surface area contributed by atoms with Gasteiger partial charge in [-0.15, -0.1) is 5.10 Å². The van der Waals surface area contributed by atoms with Crippen LogP contribution in [0.3, 0.4) is 0 Å². The van der Waals surface area contributed by atoms with Crippen LogP contribution < -0.4 is 10.1 Å². The van der Waals surface area contributed by atoms with Gasteiger partial charge in [-0.1, -0.05) is 11.6 Å². The molecule has 8 nitrogen and oxygen atoms in total. The van der Waals surface area contributed by atoms with Crippen molar-refractivity contribution in [2.24, 2.45) is 5.92 Å². The Kier molecular flexibility index (Phi) is 6.49. The average Bonchev–Trinajstić information content (AvgIpc) is 3.01. The molecule has 0 radical (unpaired) electrons. The molecule has 0 aliphatic carbocycles. The lowest BCUT2D eigenvalue weighted by molar-refractivity contribution is -0.149. The van der Waals surface area contributed by atoms with E-state index in [0.29, 0.717) is 44.2 Å². The number of hydrogen-bond donors (Lipinski definition) is 1. The predicted octanol–water partition coefficient (Wildman–Crippen LogP) is 3.02. The molecular weight excluding hydrogens is 425 g/mol. The number of anilines is 1. The van der Waals surface area contributed by atoms with E-state index in [4.69, 9.17) is 21.1 Å². The number of ether oxygens (including phenoxy) is 2. The van der Waals surface area contributed by atoms with E-state index in [1.54, 1.807) is 6.20 Å². The van der Waals surface area contributed by atoms with Crippen molar-refractivity contribution in [2.45, 2.75) is 37.9 Å². The van der Waals surface area contributed by atoms with Gasteiger partial charge < -0.3 is 14.8 Å². The maximum atomic E-state index is 12.7. The summed E-state index contributed by atoms with van der Waals surface area (Å²) in [4.78, 5) is 9.92. The number of fused-ring (bicyclic) bond motifs is 1. The van der Waals surface area contributed by atoms with Crippen molar-refractivity contribution in [3.05, 3.63) is 11.3 Å². The zero-order valence-corrected chi connectivity index (χ0v) is 17.1. The van der Waals surface area contributed by atoms with Gasteiger partial charge in [0.25, 0.3) is 0 Å². The molecule has 2 aliphatic heterocycles. The summed E-state index contributed by atoms with van der Waals surface area (Å²) in [5.74, 6) is 0.413. The number of nitrogens with zero attached hydrogens (tertiary/aromatic N) is 5. The molecule has 0 saturated carbocycles. The van der Waals surface area contributed by atoms with E-state index in [1.165, 1.54) is 9.42 Å². The summed E-state index contributed by atoms with van der Waals surface area (Å²) in [6, 6.07) is 0.432. The van der Waals surface area contributed by atoms with Gasteiger partial charge in [0.15, 0.2) is 5.15 Å². The topological polar surface area (TPSA) is 76.8 Å². The third kappa shape index (κ3) is 5.44. The maximum Gasteiger partial charge on any atom is 0.401 e. The highest BCUT2D eigenvalue weighted by molar-refractivity contribution is 6.32. The van der Waals surface area contributed by atoms with Crippen LogP contribution in [0.1, 0.15) is 25.7 Å². The summed E-state index contributed by atoms with van der Waals surface area (Å²) in [6.45, 7) is 1.52. The molecule has 0 bridgehead atoms. The van der Waals surface area contributed by atoms with E-state index in [2.05, 4.69) is 20.4 Å². The SMILES string of the molecule is FC(F)(F)CN1CCCC(COc2nc(Cl)c3cnc(NC4CCOCC4)nn23)C1. The number of likely N-dealkylation sites (tertiary alicyclic amines) is 1. The standard InChI is InChI=1S/C18H24ClF3N6O2/c19-15-14-8-23-16(24-13-3-6-29-7-4-13)26-28(14)17(25-15)30-10-12-2-1-5-27(9-12)11-18(20,21)22/h8,12-13H,1-7,9-11H2,(H,24,26). The van der Waals surface area contributed by atoms with Crippen molar-refractivity contribution >= 4 is 23.1 Å². The van der Waals surface area contributed by atoms with Gasteiger partial charge >= 0.3 is 12.2 Å². The van der Waals surface area contributed by atoms with Crippen LogP contribution in [0.25, 0.3) is 5.52 Å². The number of nitrogens with one attached hydrogen (secondary N) is 1. The van der Waals surface area contributed by atoms with Crippen molar-refractivity contribution in [1.29, 1.82) is 0 Å². The summed E-state index contributed by atoms with van der Waals surface area (Å²) in [5.41, 5.74) is 0.506. The maximum absolute atomic E-state index is 12.7. The van der Waals surface area contributed by atoms with Gasteiger partial charge in [0.1, 0.15) is 5.52 Å². The highest BCUT2D eigenvalue weighted by Crippen LogP contribution is 2.25. The molecule has 4 heterocycles. The molecule has 1 N–H and O–H groups in total. The summed E-state index contributed by atoms with van der Waals surface area (Å²) < 4.78 is 50.7. The molecule has 2 aromatic heterocycles. The van der Waals surface area contributed by atoms with Gasteiger partial charge in [-0.25, -0.2) is 4.98 Å². The van der Waals surface area contributed by atoms with Gasteiger partial charge in [-0.3, -0.25) is 4.90 Å². The number of aromatic nitrogens is 4. The third-order valence-corrected chi connectivity index (χ3v) is 5.61. The van der Waals surface area contributed by atoms with Crippen LogP contribution in [-0.2, 0) is 4.74 Å². The molecule has 1 unspecified atom stereocenters. The van der Waals surface area contributed by atoms with Crippen LogP contribution in [0.4, 0.5) is 19.1 Å². The Bertz CT molecular complexity index is 858. The third-order valence-electron chi connectivity index (χ3n) is 5.33. The Labute approximate surface area is 176 Å². The van der Waals surface area contributed by atoms with Crippen LogP contribution in [0.5, 0.6) is 6.01 Å². The lowest BCUT2D eigenvalue weighted by Gasteiger charge is -2.32. The molecular formula is C18H24ClF3N6O2. The van der Waals surface area contributed by atoms with Crippen LogP contribution in [0.2, 0.25) is 5.15 Å². The Balaban J connectivity index is 1.41. The molecule has 166 valence electrons. The lowest BCUT2D eigenvalue weighted by Crippen LogP contribution is -2.42. The van der Waals surface area contributed by atoms with Crippen LogP contribution in [0, 0.1) is 5.92 Å². The summed E-state index contributed by atoms with van der Waals surface area (Å²) in [7, 11) is 0. The fourth-order valence-corrected chi connectivity index (χ4v) is 4.09. The second kappa shape index (κ2) is 9.11. The molecule has 2 aromatic rings. The number of alkyl halides is 3. The molecule has 0 aromatic carbocycles. The fraction of sp³-hybridized carbons (Fsp3) is 0.722. The van der Waals surface area contributed by atoms with Gasteiger partial charge in [0.2, 0.25) is 5.95 Å². The first-order valence-corrected chi connectivity index (χ1v) is 10.4. The quantitative estimate of drug-likeness (QED) is 0.727. The molecule has 2 aliphatic rings. The Hall–Kier alpha value is -1.85. The first kappa shape index (κ1) is 21.4. The largest absolute Gasteiger partial charge is 0.463 e. The van der Waals surface area contributed by atoms with Crippen molar-refractivity contribution in [3.8, 4) is 6.01 Å². The molecule has 30 heavy (non-hydrogen) atoms. The predicted molar refractivity (Wildman–Crippen MR) is 104 cm³/mol. The Morgan fingerprint density at radius 2 is 2.07 bits per heavy atom. The zero-order valence-electron chi connectivity index (χ0n) is 16.4. The summed E-state index contributed by atoms with van der Waals surface area (Å²) >= 11 is 6.18. The number of imidazole rings is 1. The monoisotopic (exact) mass is 448 g/mol. The van der Waals surface area contributed by atoms with Gasteiger partial charge in [-0.2, -0.15) is 22.7 Å². The minimum atomic E-state index is -4.19. The van der Waals surface area contributed by atoms with E-state index < -0.39 is 12.7 Å². The normalized spacial score (nSPS) is 21.8. The van der Waals surface area contributed by atoms with Gasteiger partial charge in [0.05, 0.1) is 19.3 Å². The Morgan fingerprint density at radius 1 is 1.27 bits per heavy atom. The highest BCUT2D eigenvalue weighted by atomic mass is 35.5. The van der Waals surface area contributed by atoms with E-state index in [9.17, 15) is 13.2 Å². The summed E-state index contributed by atoms with van der Waals surface area (Å²) in [5, 5.41) is 7.93. The first-order valence-electron chi connectivity index (χ1n) is 10.0. The Morgan fingerprint density at radius 3 is 2.83 bits per heavy atom. The van der Waals surface area contributed by atoms with Gasteiger partial charge in [0, 0.05) is 31.7 Å². The van der Waals surface area contributed by atoms with E-state index in [1.807, 2.05) is 0 Å². The molecule has 4 rings (SSSR count). The van der Waals surface area contributed by atoms with Crippen LogP contribution >= 0.6 is 11.6 Å². The van der Waals surface area contributed by atoms with Crippen molar-refractivity contribution < 1.29 is 22.6 Å². The van der Waals surface area contributed by atoms with Crippen LogP contribution in [0.15, 0.2) is 6.20 Å². The minimum absolute atomic E-state index is 0.0195. The first-order chi connectivity index (χ1) is 14.4. The van der Waals surface area contributed by atoms with Crippen molar-refractivity contribution in [2.75, 3.05) is 44.8 Å². The number of piperidine rings is 1. The van der Waals surface area contributed by atoms with E-state index >= 15 is 0 Å². The highest BCUT2D eigenvalue weighted by Gasteiger charge is 2.33. The summed E-state index contributed by atoms with van der Waals surface area (Å²) in [6.07, 6.45) is 0.616. The molecule has 12 heteroatoms. The van der Waals surface area contributed by atoms with Crippen molar-refractivity contribution in [1.82, 2.24) is 24.5 Å². The second-order valence-corrected chi connectivity index (χ2v) is 8.12. The van der Waals surface area contributed by atoms with E-state index in [0.717, 1.165) is 19.3 Å². The molecule has 2 fully saturated rings. The van der Waals surface area contributed by atoms with Gasteiger partial charge in [-0.05, 0) is 32.2 Å². The van der Waals surface area contributed by atoms with Crippen LogP contribution in [-0.4, -0.2) is 76.2 Å². The zero-order chi connectivity index (χ0) is 21.1. The number of rotatable bonds is 6. The molecule has 1 atom stereocenters. The lowest BCUT2D eigenvalue weighted by atomic mass is 9.99. The molecule has 2 saturated heterocycles. The van der Waals surface area contributed by atoms with E-state index in [-0.39, 0.29) is 29.7 Å².